The lowest BCUT2D eigenvalue weighted by Crippen LogP contribution is -2.24. The van der Waals surface area contributed by atoms with Crippen LogP contribution in [0.5, 0.6) is 0 Å². The third-order valence-corrected chi connectivity index (χ3v) is 4.07. The molecule has 9 heteroatoms. The van der Waals surface area contributed by atoms with Crippen LogP contribution in [0.25, 0.3) is 0 Å². The molecule has 4 nitrogen and oxygen atoms in total. The highest BCUT2D eigenvalue weighted by Gasteiger charge is 2.37. The second kappa shape index (κ2) is 4.88. The minimum Gasteiger partial charge on any atom is -0.478 e. The molecule has 1 rings (SSSR count). The molecule has 18 heavy (non-hydrogen) atoms. The summed E-state index contributed by atoms with van der Waals surface area (Å²) in [5.74, 6) is -3.71. The van der Waals surface area contributed by atoms with E-state index in [2.05, 4.69) is 15.9 Å². The minimum absolute atomic E-state index is 0.174. The first-order valence-electron chi connectivity index (χ1n) is 4.35. The van der Waals surface area contributed by atoms with E-state index in [-0.39, 0.29) is 4.47 Å². The van der Waals surface area contributed by atoms with Crippen LogP contribution >= 0.6 is 15.9 Å². The van der Waals surface area contributed by atoms with Gasteiger partial charge in [-0.3, -0.25) is 0 Å². The number of alkyl halides is 3. The molecule has 0 radical (unpaired) electrons. The number of hydrogen-bond donors (Lipinski definition) is 1. The molecule has 1 N–H and O–H groups in total. The Morgan fingerprint density at radius 1 is 1.33 bits per heavy atom. The SMILES string of the molecule is O=C(O)c1ccc(Br)cc1S(=O)(=O)CC(F)(F)F. The van der Waals surface area contributed by atoms with E-state index < -0.39 is 38.2 Å². The molecule has 0 atom stereocenters. The van der Waals surface area contributed by atoms with Crippen molar-refractivity contribution in [3.8, 4) is 0 Å². The highest BCUT2D eigenvalue weighted by molar-refractivity contribution is 9.10. The van der Waals surface area contributed by atoms with Gasteiger partial charge in [-0.15, -0.1) is 0 Å². The largest absolute Gasteiger partial charge is 0.478 e. The third kappa shape index (κ3) is 3.70. The van der Waals surface area contributed by atoms with Crippen LogP contribution in [0.1, 0.15) is 10.4 Å². The van der Waals surface area contributed by atoms with Crippen molar-refractivity contribution in [2.75, 3.05) is 5.75 Å². The van der Waals surface area contributed by atoms with E-state index >= 15 is 0 Å². The lowest BCUT2D eigenvalue weighted by molar-refractivity contribution is -0.106. The van der Waals surface area contributed by atoms with Crippen LogP contribution in [0, 0.1) is 0 Å². The molecule has 0 saturated heterocycles. The summed E-state index contributed by atoms with van der Waals surface area (Å²) in [5.41, 5.74) is -0.692. The number of hydrogen-bond acceptors (Lipinski definition) is 3. The van der Waals surface area contributed by atoms with Gasteiger partial charge < -0.3 is 5.11 Å². The number of carbonyl (C=O) groups is 1. The Labute approximate surface area is 108 Å². The van der Waals surface area contributed by atoms with Gasteiger partial charge in [0.1, 0.15) is 0 Å². The maximum atomic E-state index is 12.1. The van der Waals surface area contributed by atoms with Gasteiger partial charge in [0, 0.05) is 4.47 Å². The molecule has 0 spiro atoms. The van der Waals surface area contributed by atoms with Crippen LogP contribution in [0.15, 0.2) is 27.6 Å². The summed E-state index contributed by atoms with van der Waals surface area (Å²) in [5, 5.41) is 8.76. The van der Waals surface area contributed by atoms with Crippen LogP contribution in [0.3, 0.4) is 0 Å². The molecule has 0 aliphatic heterocycles. The molecule has 1 aromatic carbocycles. The topological polar surface area (TPSA) is 71.4 Å². The highest BCUT2D eigenvalue weighted by atomic mass is 79.9. The van der Waals surface area contributed by atoms with Gasteiger partial charge in [0.15, 0.2) is 15.6 Å². The lowest BCUT2D eigenvalue weighted by atomic mass is 10.2. The summed E-state index contributed by atoms with van der Waals surface area (Å²) >= 11 is 2.88. The molecule has 100 valence electrons. The fraction of sp³-hybridized carbons (Fsp3) is 0.222. The Morgan fingerprint density at radius 3 is 2.33 bits per heavy atom. The molecule has 0 amide bonds. The van der Waals surface area contributed by atoms with Crippen molar-refractivity contribution < 1.29 is 31.5 Å². The molecule has 0 aromatic heterocycles. The second-order valence-electron chi connectivity index (χ2n) is 3.32. The van der Waals surface area contributed by atoms with E-state index in [1.807, 2.05) is 0 Å². The molecule has 1 aromatic rings. The van der Waals surface area contributed by atoms with Crippen molar-refractivity contribution in [3.05, 3.63) is 28.2 Å². The molecule has 0 aliphatic rings. The quantitative estimate of drug-likeness (QED) is 0.912. The number of carboxylic acid groups (broad SMARTS) is 1. The first-order chi connectivity index (χ1) is 8.03. The summed E-state index contributed by atoms with van der Waals surface area (Å²) in [6.07, 6.45) is -4.93. The van der Waals surface area contributed by atoms with Gasteiger partial charge in [-0.25, -0.2) is 13.2 Å². The fourth-order valence-electron chi connectivity index (χ4n) is 1.22. The second-order valence-corrected chi connectivity index (χ2v) is 6.19. The van der Waals surface area contributed by atoms with Crippen molar-refractivity contribution in [1.82, 2.24) is 0 Å². The normalized spacial score (nSPS) is 12.4. The Bertz CT molecular complexity index is 580. The van der Waals surface area contributed by atoms with Gasteiger partial charge >= 0.3 is 12.1 Å². The van der Waals surface area contributed by atoms with Gasteiger partial charge in [-0.1, -0.05) is 15.9 Å². The molecular formula is C9H6BrF3O4S. The summed E-state index contributed by atoms with van der Waals surface area (Å²) in [4.78, 5) is 9.92. The summed E-state index contributed by atoms with van der Waals surface area (Å²) in [7, 11) is -4.75. The molecule has 0 aliphatic carbocycles. The van der Waals surface area contributed by atoms with E-state index in [0.717, 1.165) is 12.1 Å². The number of halogens is 4. The number of rotatable bonds is 3. The predicted octanol–water partition coefficient (Wildman–Crippen LogP) is 2.48. The van der Waals surface area contributed by atoms with Crippen molar-refractivity contribution in [1.29, 1.82) is 0 Å². The minimum atomic E-state index is -4.93. The fourth-order valence-corrected chi connectivity index (χ4v) is 3.12. The van der Waals surface area contributed by atoms with Gasteiger partial charge in [0.05, 0.1) is 10.5 Å². The van der Waals surface area contributed by atoms with Gasteiger partial charge in [-0.2, -0.15) is 13.2 Å². The average molecular weight is 347 g/mol. The van der Waals surface area contributed by atoms with Crippen molar-refractivity contribution in [2.45, 2.75) is 11.1 Å². The summed E-state index contributed by atoms with van der Waals surface area (Å²) in [6, 6.07) is 3.00. The van der Waals surface area contributed by atoms with Crippen molar-refractivity contribution in [2.24, 2.45) is 0 Å². The van der Waals surface area contributed by atoms with Crippen LogP contribution in [0.2, 0.25) is 0 Å². The maximum Gasteiger partial charge on any atom is 0.403 e. The Kier molecular flexibility index (Phi) is 4.06. The Balaban J connectivity index is 3.40. The van der Waals surface area contributed by atoms with Crippen LogP contribution in [-0.4, -0.2) is 31.4 Å². The van der Waals surface area contributed by atoms with E-state index in [1.165, 1.54) is 6.07 Å². The number of sulfone groups is 1. The van der Waals surface area contributed by atoms with E-state index in [1.54, 1.807) is 0 Å². The number of carboxylic acids is 1. The standard InChI is InChI=1S/C9H6BrF3O4S/c10-5-1-2-6(8(14)15)7(3-5)18(16,17)4-9(11,12)13/h1-3H,4H2,(H,14,15). The molecule has 0 unspecified atom stereocenters. The predicted molar refractivity (Wildman–Crippen MR) is 59.2 cm³/mol. The molecule has 0 heterocycles. The Hall–Kier alpha value is -1.09. The Morgan fingerprint density at radius 2 is 1.89 bits per heavy atom. The smallest absolute Gasteiger partial charge is 0.403 e. The summed E-state index contributed by atoms with van der Waals surface area (Å²) < 4.78 is 59.6. The first-order valence-corrected chi connectivity index (χ1v) is 6.80. The monoisotopic (exact) mass is 346 g/mol. The molecular weight excluding hydrogens is 341 g/mol. The average Bonchev–Trinajstić information content (AvgIpc) is 2.13. The molecule has 0 bridgehead atoms. The van der Waals surface area contributed by atoms with Crippen LogP contribution in [-0.2, 0) is 9.84 Å². The zero-order valence-corrected chi connectivity index (χ0v) is 10.9. The zero-order valence-electron chi connectivity index (χ0n) is 8.53. The van der Waals surface area contributed by atoms with Crippen molar-refractivity contribution >= 4 is 31.7 Å². The van der Waals surface area contributed by atoms with E-state index in [4.69, 9.17) is 5.11 Å². The highest BCUT2D eigenvalue weighted by Crippen LogP contribution is 2.27. The third-order valence-electron chi connectivity index (χ3n) is 1.86. The first kappa shape index (κ1) is 15.0. The van der Waals surface area contributed by atoms with E-state index in [0.29, 0.717) is 0 Å². The van der Waals surface area contributed by atoms with Crippen LogP contribution in [0.4, 0.5) is 13.2 Å². The zero-order chi connectivity index (χ0) is 14.1. The summed E-state index contributed by atoms with van der Waals surface area (Å²) in [6.45, 7) is 0. The number of benzene rings is 1. The molecule has 0 fully saturated rings. The number of aromatic carboxylic acids is 1. The van der Waals surface area contributed by atoms with Gasteiger partial charge in [-0.05, 0) is 18.2 Å². The molecule has 0 saturated carbocycles. The van der Waals surface area contributed by atoms with Crippen molar-refractivity contribution in [3.63, 3.8) is 0 Å². The van der Waals surface area contributed by atoms with Gasteiger partial charge in [0.2, 0.25) is 0 Å². The van der Waals surface area contributed by atoms with Gasteiger partial charge in [0.25, 0.3) is 0 Å². The van der Waals surface area contributed by atoms with Crippen LogP contribution < -0.4 is 0 Å². The maximum absolute atomic E-state index is 12.1. The van der Waals surface area contributed by atoms with E-state index in [9.17, 15) is 26.4 Å². The lowest BCUT2D eigenvalue weighted by Gasteiger charge is -2.10.